The van der Waals surface area contributed by atoms with E-state index in [9.17, 15) is 17.6 Å². The number of methoxy groups -OCH3 is 1. The first-order chi connectivity index (χ1) is 18.1. The molecule has 0 unspecified atom stereocenters. The minimum Gasteiger partial charge on any atom is -0.426 e. The highest BCUT2D eigenvalue weighted by molar-refractivity contribution is 5.72. The van der Waals surface area contributed by atoms with Crippen LogP contribution >= 0.6 is 0 Å². The first kappa shape index (κ1) is 26.1. The van der Waals surface area contributed by atoms with E-state index in [4.69, 9.17) is 4.74 Å². The molecule has 2 aliphatic heterocycles. The van der Waals surface area contributed by atoms with E-state index in [-0.39, 0.29) is 35.5 Å². The van der Waals surface area contributed by atoms with Crippen molar-refractivity contribution in [2.45, 2.75) is 51.4 Å². The average Bonchev–Trinajstić information content (AvgIpc) is 2.90. The molecule has 2 aromatic heterocycles. The summed E-state index contributed by atoms with van der Waals surface area (Å²) in [4.78, 5) is 16.5. The standard InChI is InChI=1S/C27H29F4N5O2/c1-16(2)36-15-27(30,31)38-26-21(28)10-17(11-23(26)36)25-22(29)14-33-24(34-25)12-18-4-5-19(13-32-18)35-8-6-20(37-3)7-9-35/h4-5,10-11,13-14,16,20H,6-9,12,15H2,1-3H3. The van der Waals surface area contributed by atoms with Gasteiger partial charge in [-0.1, -0.05) is 0 Å². The molecule has 0 radical (unpaired) electrons. The van der Waals surface area contributed by atoms with Crippen molar-refractivity contribution in [3.8, 4) is 17.0 Å². The van der Waals surface area contributed by atoms with Crippen LogP contribution in [0.15, 0.2) is 36.7 Å². The van der Waals surface area contributed by atoms with Crippen molar-refractivity contribution in [1.29, 1.82) is 0 Å². The number of alkyl halides is 2. The maximum atomic E-state index is 14.9. The Balaban J connectivity index is 1.38. The third-order valence-corrected chi connectivity index (χ3v) is 6.92. The predicted molar refractivity (Wildman–Crippen MR) is 135 cm³/mol. The number of halogens is 4. The Kier molecular flexibility index (Phi) is 7.13. The number of rotatable bonds is 6. The third-order valence-electron chi connectivity index (χ3n) is 6.92. The third kappa shape index (κ3) is 5.38. The second-order valence-corrected chi connectivity index (χ2v) is 9.86. The van der Waals surface area contributed by atoms with E-state index in [2.05, 4.69) is 24.6 Å². The number of hydrogen-bond acceptors (Lipinski definition) is 7. The van der Waals surface area contributed by atoms with E-state index in [0.717, 1.165) is 43.9 Å². The Morgan fingerprint density at radius 1 is 1.08 bits per heavy atom. The lowest BCUT2D eigenvalue weighted by molar-refractivity contribution is -0.174. The zero-order chi connectivity index (χ0) is 27.0. The van der Waals surface area contributed by atoms with Gasteiger partial charge in [-0.25, -0.2) is 18.7 Å². The normalized spacial score (nSPS) is 17.5. The minimum atomic E-state index is -3.55. The largest absolute Gasteiger partial charge is 0.426 e. The van der Waals surface area contributed by atoms with Crippen molar-refractivity contribution < 1.29 is 27.0 Å². The summed E-state index contributed by atoms with van der Waals surface area (Å²) in [5.41, 5.74) is 1.79. The lowest BCUT2D eigenvalue weighted by Crippen LogP contribution is -2.48. The van der Waals surface area contributed by atoms with Gasteiger partial charge in [0.05, 0.1) is 36.3 Å². The number of benzene rings is 1. The number of pyridine rings is 1. The van der Waals surface area contributed by atoms with Gasteiger partial charge in [-0.3, -0.25) is 4.98 Å². The van der Waals surface area contributed by atoms with Crippen molar-refractivity contribution in [2.75, 3.05) is 36.5 Å². The lowest BCUT2D eigenvalue weighted by Gasteiger charge is -2.38. The molecule has 11 heteroatoms. The van der Waals surface area contributed by atoms with Crippen LogP contribution < -0.4 is 14.5 Å². The van der Waals surface area contributed by atoms with Crippen LogP contribution in [-0.4, -0.2) is 60.0 Å². The Hall–Kier alpha value is -3.47. The highest BCUT2D eigenvalue weighted by Gasteiger charge is 2.43. The van der Waals surface area contributed by atoms with Crippen molar-refractivity contribution in [3.05, 3.63) is 59.8 Å². The molecule has 5 rings (SSSR count). The smallest absolute Gasteiger partial charge is 0.416 e. The van der Waals surface area contributed by atoms with Gasteiger partial charge < -0.3 is 19.3 Å². The number of piperidine rings is 1. The van der Waals surface area contributed by atoms with Gasteiger partial charge in [-0.05, 0) is 51.0 Å². The molecular weight excluding hydrogens is 502 g/mol. The quantitative estimate of drug-likeness (QED) is 0.404. The van der Waals surface area contributed by atoms with E-state index >= 15 is 0 Å². The van der Waals surface area contributed by atoms with Crippen LogP contribution in [0.5, 0.6) is 5.75 Å². The van der Waals surface area contributed by atoms with Crippen LogP contribution in [0, 0.1) is 11.6 Å². The fourth-order valence-corrected chi connectivity index (χ4v) is 4.87. The molecule has 4 heterocycles. The Bertz CT molecular complexity index is 1300. The molecule has 202 valence electrons. The SMILES string of the molecule is COC1CCN(c2ccc(Cc3ncc(F)c(-c4cc(F)c5c(c4)N(C(C)C)CC(F)(F)O5)n3)nc2)CC1. The van der Waals surface area contributed by atoms with Gasteiger partial charge in [0.15, 0.2) is 17.4 Å². The topological polar surface area (TPSA) is 63.6 Å². The van der Waals surface area contributed by atoms with Crippen molar-refractivity contribution >= 4 is 11.4 Å². The molecule has 0 bridgehead atoms. The molecule has 0 spiro atoms. The first-order valence-corrected chi connectivity index (χ1v) is 12.5. The van der Waals surface area contributed by atoms with Gasteiger partial charge in [0.25, 0.3) is 0 Å². The first-order valence-electron chi connectivity index (χ1n) is 12.5. The second-order valence-electron chi connectivity index (χ2n) is 9.86. The molecular formula is C27H29F4N5O2. The Morgan fingerprint density at radius 2 is 1.84 bits per heavy atom. The second kappa shape index (κ2) is 10.4. The monoisotopic (exact) mass is 531 g/mol. The van der Waals surface area contributed by atoms with Gasteiger partial charge in [0, 0.05) is 37.5 Å². The van der Waals surface area contributed by atoms with Crippen LogP contribution in [0.4, 0.5) is 28.9 Å². The average molecular weight is 532 g/mol. The predicted octanol–water partition coefficient (Wildman–Crippen LogP) is 5.22. The number of hydrogen-bond donors (Lipinski definition) is 0. The van der Waals surface area contributed by atoms with Gasteiger partial charge in [-0.2, -0.15) is 8.78 Å². The minimum absolute atomic E-state index is 0.102. The molecule has 1 fully saturated rings. The molecule has 38 heavy (non-hydrogen) atoms. The summed E-state index contributed by atoms with van der Waals surface area (Å²) in [6.45, 7) is 4.44. The van der Waals surface area contributed by atoms with Crippen molar-refractivity contribution in [3.63, 3.8) is 0 Å². The van der Waals surface area contributed by atoms with Crippen molar-refractivity contribution in [1.82, 2.24) is 15.0 Å². The fourth-order valence-electron chi connectivity index (χ4n) is 4.87. The van der Waals surface area contributed by atoms with Crippen molar-refractivity contribution in [2.24, 2.45) is 0 Å². The van der Waals surface area contributed by atoms with Crippen LogP contribution in [-0.2, 0) is 11.2 Å². The number of fused-ring (bicyclic) bond motifs is 1. The van der Waals surface area contributed by atoms with Crippen LogP contribution in [0.1, 0.15) is 38.2 Å². The molecule has 2 aliphatic rings. The summed E-state index contributed by atoms with van der Waals surface area (Å²) < 4.78 is 67.9. The fraction of sp³-hybridized carbons (Fsp3) is 0.444. The summed E-state index contributed by atoms with van der Waals surface area (Å²) >= 11 is 0. The van der Waals surface area contributed by atoms with Gasteiger partial charge in [-0.15, -0.1) is 0 Å². The number of nitrogens with zero attached hydrogens (tertiary/aromatic N) is 5. The molecule has 7 nitrogen and oxygen atoms in total. The number of aromatic nitrogens is 3. The van der Waals surface area contributed by atoms with Crippen LogP contribution in [0.3, 0.4) is 0 Å². The molecule has 1 aromatic carbocycles. The summed E-state index contributed by atoms with van der Waals surface area (Å²) in [5, 5.41) is 0. The maximum absolute atomic E-state index is 14.9. The molecule has 1 saturated heterocycles. The van der Waals surface area contributed by atoms with E-state index in [1.807, 2.05) is 12.1 Å². The Morgan fingerprint density at radius 3 is 2.50 bits per heavy atom. The van der Waals surface area contributed by atoms with E-state index in [0.29, 0.717) is 11.5 Å². The summed E-state index contributed by atoms with van der Waals surface area (Å²) in [6, 6.07) is 5.86. The lowest BCUT2D eigenvalue weighted by atomic mass is 10.1. The summed E-state index contributed by atoms with van der Waals surface area (Å²) in [5.74, 6) is -2.05. The molecule has 0 N–H and O–H groups in total. The Labute approximate surface area is 218 Å². The molecule has 0 saturated carbocycles. The molecule has 0 atom stereocenters. The zero-order valence-corrected chi connectivity index (χ0v) is 21.4. The van der Waals surface area contributed by atoms with Crippen LogP contribution in [0.25, 0.3) is 11.3 Å². The van der Waals surface area contributed by atoms with E-state index in [1.165, 1.54) is 11.0 Å². The van der Waals surface area contributed by atoms with Gasteiger partial charge in [0.1, 0.15) is 18.1 Å². The van der Waals surface area contributed by atoms with Gasteiger partial charge in [0.2, 0.25) is 0 Å². The summed E-state index contributed by atoms with van der Waals surface area (Å²) in [6.07, 6.45) is 1.70. The van der Waals surface area contributed by atoms with Crippen LogP contribution in [0.2, 0.25) is 0 Å². The molecule has 3 aromatic rings. The highest BCUT2D eigenvalue weighted by atomic mass is 19.3. The zero-order valence-electron chi connectivity index (χ0n) is 21.4. The molecule has 0 aliphatic carbocycles. The van der Waals surface area contributed by atoms with E-state index in [1.54, 1.807) is 27.2 Å². The number of ether oxygens (including phenoxy) is 2. The number of anilines is 2. The highest BCUT2D eigenvalue weighted by Crippen LogP contribution is 2.43. The van der Waals surface area contributed by atoms with E-state index < -0.39 is 30.0 Å². The van der Waals surface area contributed by atoms with Gasteiger partial charge >= 0.3 is 6.11 Å². The summed E-state index contributed by atoms with van der Waals surface area (Å²) in [7, 11) is 1.73. The molecule has 0 amide bonds. The maximum Gasteiger partial charge on any atom is 0.416 e.